The summed E-state index contributed by atoms with van der Waals surface area (Å²) in [7, 11) is 0. The maximum atomic E-state index is 13.7. The van der Waals surface area contributed by atoms with Crippen molar-refractivity contribution in [3.8, 4) is 5.75 Å². The van der Waals surface area contributed by atoms with Gasteiger partial charge in [-0.1, -0.05) is 36.4 Å². The number of nitrogens with zero attached hydrogens (tertiary/aromatic N) is 1. The first kappa shape index (κ1) is 20.6. The second-order valence-corrected chi connectivity index (χ2v) is 5.60. The van der Waals surface area contributed by atoms with Crippen LogP contribution >= 0.6 is 0 Å². The molecular weight excluding hydrogens is 359 g/mol. The van der Waals surface area contributed by atoms with E-state index in [0.717, 1.165) is 0 Å². The van der Waals surface area contributed by atoms with Gasteiger partial charge in [0.05, 0.1) is 12.6 Å². The van der Waals surface area contributed by atoms with Gasteiger partial charge in [0, 0.05) is 24.2 Å². The summed E-state index contributed by atoms with van der Waals surface area (Å²) in [4.78, 5) is 4.30. The molecule has 2 aromatic carbocycles. The number of rotatable bonds is 8. The van der Waals surface area contributed by atoms with Gasteiger partial charge < -0.3 is 20.5 Å². The zero-order valence-electron chi connectivity index (χ0n) is 14.8. The summed E-state index contributed by atoms with van der Waals surface area (Å²) in [6, 6.07) is 12.3. The van der Waals surface area contributed by atoms with Crippen LogP contribution in [0.5, 0.6) is 5.75 Å². The van der Waals surface area contributed by atoms with Crippen molar-refractivity contribution in [2.24, 2.45) is 4.99 Å². The van der Waals surface area contributed by atoms with E-state index in [2.05, 4.69) is 20.4 Å². The minimum absolute atomic E-state index is 0.0297. The highest BCUT2D eigenvalue weighted by Gasteiger charge is 2.13. The fourth-order valence-corrected chi connectivity index (χ4v) is 2.40. The molecule has 8 heteroatoms. The number of ether oxygens (including phenoxy) is 1. The molecule has 0 saturated carbocycles. The Hall–Kier alpha value is -2.74. The van der Waals surface area contributed by atoms with Crippen LogP contribution in [0.15, 0.2) is 53.5 Å². The fraction of sp³-hybridized carbons (Fsp3) is 0.316. The Balaban J connectivity index is 2.03. The summed E-state index contributed by atoms with van der Waals surface area (Å²) in [5, 5.41) is 16.0. The molecular formula is C19H22F3N3O2. The van der Waals surface area contributed by atoms with Crippen LogP contribution in [-0.2, 0) is 6.54 Å². The molecule has 0 amide bonds. The molecule has 5 nitrogen and oxygen atoms in total. The second kappa shape index (κ2) is 10.4. The molecule has 0 heterocycles. The Morgan fingerprint density at radius 3 is 2.52 bits per heavy atom. The van der Waals surface area contributed by atoms with Gasteiger partial charge in [-0.2, -0.15) is 8.78 Å². The van der Waals surface area contributed by atoms with Gasteiger partial charge in [0.15, 0.2) is 5.96 Å². The normalized spacial score (nSPS) is 12.7. The number of alkyl halides is 2. The second-order valence-electron chi connectivity index (χ2n) is 5.60. The quantitative estimate of drug-likeness (QED) is 0.485. The molecule has 2 rings (SSSR count). The number of aliphatic imine (C=N–C) groups is 1. The summed E-state index contributed by atoms with van der Waals surface area (Å²) in [6.45, 7) is -0.386. The van der Waals surface area contributed by atoms with Crippen molar-refractivity contribution in [1.29, 1.82) is 0 Å². The molecule has 1 atom stereocenters. The molecule has 0 aliphatic carbocycles. The van der Waals surface area contributed by atoms with Gasteiger partial charge in [0.25, 0.3) is 0 Å². The van der Waals surface area contributed by atoms with Crippen molar-refractivity contribution >= 4 is 5.96 Å². The van der Waals surface area contributed by atoms with Crippen molar-refractivity contribution in [3.05, 3.63) is 65.5 Å². The highest BCUT2D eigenvalue weighted by Crippen LogP contribution is 2.21. The molecule has 0 aliphatic heterocycles. The first-order chi connectivity index (χ1) is 13.0. The minimum atomic E-state index is -2.92. The topological polar surface area (TPSA) is 65.9 Å². The van der Waals surface area contributed by atoms with Crippen molar-refractivity contribution < 1.29 is 23.0 Å². The van der Waals surface area contributed by atoms with E-state index in [1.165, 1.54) is 18.2 Å². The number of hydrogen-bond acceptors (Lipinski definition) is 3. The lowest BCUT2D eigenvalue weighted by Crippen LogP contribution is -2.39. The van der Waals surface area contributed by atoms with Crippen LogP contribution < -0.4 is 15.4 Å². The van der Waals surface area contributed by atoms with Gasteiger partial charge in [-0.15, -0.1) is 0 Å². The number of aliphatic hydroxyl groups excluding tert-OH is 1. The van der Waals surface area contributed by atoms with Crippen molar-refractivity contribution in [2.45, 2.75) is 26.2 Å². The van der Waals surface area contributed by atoms with E-state index in [0.29, 0.717) is 18.1 Å². The first-order valence-corrected chi connectivity index (χ1v) is 8.48. The van der Waals surface area contributed by atoms with E-state index < -0.39 is 18.5 Å². The molecule has 0 bridgehead atoms. The average molecular weight is 381 g/mol. The molecule has 2 aromatic rings. The van der Waals surface area contributed by atoms with E-state index in [1.54, 1.807) is 30.3 Å². The Kier molecular flexibility index (Phi) is 7.94. The number of guanidine groups is 1. The number of para-hydroxylation sites is 1. The number of nitrogens with one attached hydrogen (secondary N) is 2. The largest absolute Gasteiger partial charge is 0.434 e. The van der Waals surface area contributed by atoms with Crippen LogP contribution in [0.25, 0.3) is 0 Å². The molecule has 0 aromatic heterocycles. The van der Waals surface area contributed by atoms with Gasteiger partial charge >= 0.3 is 6.61 Å². The van der Waals surface area contributed by atoms with Crippen molar-refractivity contribution in [1.82, 2.24) is 10.6 Å². The third kappa shape index (κ3) is 6.49. The third-order valence-electron chi connectivity index (χ3n) is 3.67. The Morgan fingerprint density at radius 1 is 1.11 bits per heavy atom. The van der Waals surface area contributed by atoms with Gasteiger partial charge in [-0.05, 0) is 19.1 Å². The minimum Gasteiger partial charge on any atom is -0.434 e. The van der Waals surface area contributed by atoms with Gasteiger partial charge in [0.2, 0.25) is 0 Å². The molecule has 1 unspecified atom stereocenters. The molecule has 0 radical (unpaired) electrons. The Morgan fingerprint density at radius 2 is 1.81 bits per heavy atom. The van der Waals surface area contributed by atoms with Crippen LogP contribution in [0, 0.1) is 5.82 Å². The molecule has 146 valence electrons. The van der Waals surface area contributed by atoms with E-state index in [4.69, 9.17) is 0 Å². The van der Waals surface area contributed by atoms with E-state index in [1.807, 2.05) is 6.92 Å². The van der Waals surface area contributed by atoms with E-state index in [9.17, 15) is 18.3 Å². The fourth-order valence-electron chi connectivity index (χ4n) is 2.40. The van der Waals surface area contributed by atoms with Crippen molar-refractivity contribution in [3.63, 3.8) is 0 Å². The van der Waals surface area contributed by atoms with E-state index >= 15 is 0 Å². The van der Waals surface area contributed by atoms with Crippen LogP contribution in [0.2, 0.25) is 0 Å². The van der Waals surface area contributed by atoms with Gasteiger partial charge in [-0.25, -0.2) is 9.38 Å². The third-order valence-corrected chi connectivity index (χ3v) is 3.67. The zero-order valence-corrected chi connectivity index (χ0v) is 14.8. The highest BCUT2D eigenvalue weighted by atomic mass is 19.3. The molecule has 27 heavy (non-hydrogen) atoms. The number of hydrogen-bond donors (Lipinski definition) is 3. The number of benzene rings is 2. The summed E-state index contributed by atoms with van der Waals surface area (Å²) < 4.78 is 43.2. The molecule has 0 fully saturated rings. The molecule has 0 spiro atoms. The van der Waals surface area contributed by atoms with Crippen LogP contribution in [-0.4, -0.2) is 30.8 Å². The summed E-state index contributed by atoms with van der Waals surface area (Å²) >= 11 is 0. The van der Waals surface area contributed by atoms with Gasteiger partial charge in [-0.3, -0.25) is 0 Å². The molecule has 0 saturated heterocycles. The zero-order chi connectivity index (χ0) is 19.6. The standard InChI is InChI=1S/C19H22F3N3O2/c1-2-23-19(25-12-16(26)14-8-4-5-9-15(14)20)24-11-13-7-3-6-10-17(13)27-18(21)22/h3-10,16,18,26H,2,11-12H2,1H3,(H2,23,24,25). The Bertz CT molecular complexity index is 756. The van der Waals surface area contributed by atoms with E-state index in [-0.39, 0.29) is 24.4 Å². The van der Waals surface area contributed by atoms with Crippen LogP contribution in [0.1, 0.15) is 24.2 Å². The maximum Gasteiger partial charge on any atom is 0.387 e. The molecule has 0 aliphatic rings. The first-order valence-electron chi connectivity index (χ1n) is 8.48. The van der Waals surface area contributed by atoms with Crippen LogP contribution in [0.4, 0.5) is 13.2 Å². The summed E-state index contributed by atoms with van der Waals surface area (Å²) in [5.74, 6) is -0.0787. The lowest BCUT2D eigenvalue weighted by atomic mass is 10.1. The lowest BCUT2D eigenvalue weighted by molar-refractivity contribution is -0.0504. The SMILES string of the molecule is CCNC(=NCc1ccccc1OC(F)F)NCC(O)c1ccccc1F. The summed E-state index contributed by atoms with van der Waals surface area (Å²) in [6.07, 6.45) is -1.07. The Labute approximate surface area is 155 Å². The maximum absolute atomic E-state index is 13.7. The number of halogens is 3. The number of aliphatic hydroxyl groups is 1. The monoisotopic (exact) mass is 381 g/mol. The summed E-state index contributed by atoms with van der Waals surface area (Å²) in [5.41, 5.74) is 0.668. The predicted molar refractivity (Wildman–Crippen MR) is 97.3 cm³/mol. The smallest absolute Gasteiger partial charge is 0.387 e. The van der Waals surface area contributed by atoms with Gasteiger partial charge in [0.1, 0.15) is 11.6 Å². The lowest BCUT2D eigenvalue weighted by Gasteiger charge is -2.16. The van der Waals surface area contributed by atoms with Crippen LogP contribution in [0.3, 0.4) is 0 Å². The molecule has 3 N–H and O–H groups in total. The van der Waals surface area contributed by atoms with Crippen molar-refractivity contribution in [2.75, 3.05) is 13.1 Å². The highest BCUT2D eigenvalue weighted by molar-refractivity contribution is 5.79. The predicted octanol–water partition coefficient (Wildman–Crippen LogP) is 3.22. The average Bonchev–Trinajstić information content (AvgIpc) is 2.64.